The summed E-state index contributed by atoms with van der Waals surface area (Å²) in [6.07, 6.45) is 6.22. The quantitative estimate of drug-likeness (QED) is 0.220. The molecule has 32 heavy (non-hydrogen) atoms. The average Bonchev–Trinajstić information content (AvgIpc) is 2.87. The van der Waals surface area contributed by atoms with Gasteiger partial charge in [0.1, 0.15) is 0 Å². The third-order valence-electron chi connectivity index (χ3n) is 3.96. The Labute approximate surface area is 197 Å². The van der Waals surface area contributed by atoms with Crippen molar-refractivity contribution in [2.24, 2.45) is 10.2 Å². The molecule has 11 heteroatoms. The predicted octanol–water partition coefficient (Wildman–Crippen LogP) is 3.86. The van der Waals surface area contributed by atoms with Crippen LogP contribution in [0.15, 0.2) is 77.5 Å². The molecular weight excluding hydrogens is 481 g/mol. The summed E-state index contributed by atoms with van der Waals surface area (Å²) in [6, 6.07) is 11.9. The molecule has 0 atom stereocenters. The Bertz CT molecular complexity index is 1020. The van der Waals surface area contributed by atoms with Crippen molar-refractivity contribution in [1.82, 2.24) is 15.0 Å². The number of pyridine rings is 3. The first-order valence-electron chi connectivity index (χ1n) is 9.07. The van der Waals surface area contributed by atoms with Crippen molar-refractivity contribution in [3.8, 4) is 0 Å². The average molecular weight is 500 g/mol. The van der Waals surface area contributed by atoms with E-state index in [4.69, 9.17) is 0 Å². The Morgan fingerprint density at radius 2 is 1.12 bits per heavy atom. The Kier molecular flexibility index (Phi) is 10.1. The molecule has 0 aliphatic rings. The second kappa shape index (κ2) is 13.1. The van der Waals surface area contributed by atoms with E-state index in [1.807, 2.05) is 0 Å². The first-order valence-corrected chi connectivity index (χ1v) is 10.4. The van der Waals surface area contributed by atoms with Crippen LogP contribution in [0.5, 0.6) is 0 Å². The molecule has 3 rings (SSSR count). The van der Waals surface area contributed by atoms with Crippen LogP contribution >= 0.6 is 10.1 Å². The Morgan fingerprint density at radius 3 is 1.50 bits per heavy atom. The SMILES string of the molecule is CC(=N[N-]C(=[OH+])c1ccncc1)c1cccc(C(C)=N[N-]C(=[OH+])c2ccncc2)n1.[Cl][Cu+]. The van der Waals surface area contributed by atoms with Crippen LogP contribution in [-0.2, 0) is 15.1 Å². The molecule has 0 radical (unpaired) electrons. The van der Waals surface area contributed by atoms with Gasteiger partial charge in [-0.1, -0.05) is 6.07 Å². The molecule has 3 aromatic heterocycles. The molecule has 2 amide bonds. The van der Waals surface area contributed by atoms with E-state index in [-0.39, 0.29) is 11.8 Å². The summed E-state index contributed by atoms with van der Waals surface area (Å²) in [7, 11) is 4.20. The van der Waals surface area contributed by atoms with Crippen molar-refractivity contribution < 1.29 is 24.7 Å². The van der Waals surface area contributed by atoms with Gasteiger partial charge in [-0.3, -0.25) is 19.6 Å². The van der Waals surface area contributed by atoms with Crippen LogP contribution in [0.2, 0.25) is 0 Å². The van der Waals surface area contributed by atoms with Crippen LogP contribution in [0.1, 0.15) is 36.4 Å². The zero-order valence-corrected chi connectivity index (χ0v) is 18.8. The first-order chi connectivity index (χ1) is 15.5. The van der Waals surface area contributed by atoms with E-state index >= 15 is 0 Å². The number of rotatable bonds is 6. The second-order valence-corrected chi connectivity index (χ2v) is 6.10. The number of hydrogen-bond donors (Lipinski definition) is 0. The predicted molar refractivity (Wildman–Crippen MR) is 122 cm³/mol. The fourth-order valence-electron chi connectivity index (χ4n) is 2.30. The fraction of sp³-hybridized carbons (Fsp3) is 0.0952. The van der Waals surface area contributed by atoms with Crippen molar-refractivity contribution in [2.75, 3.05) is 0 Å². The molecule has 0 aromatic carbocycles. The van der Waals surface area contributed by atoms with Gasteiger partial charge in [0.25, 0.3) is 11.8 Å². The zero-order chi connectivity index (χ0) is 23.3. The van der Waals surface area contributed by atoms with Crippen molar-refractivity contribution >= 4 is 33.3 Å². The molecule has 0 unspecified atom stereocenters. The maximum atomic E-state index is 10.0. The first kappa shape index (κ1) is 24.8. The second-order valence-electron chi connectivity index (χ2n) is 6.10. The topological polar surface area (TPSA) is 134 Å². The third kappa shape index (κ3) is 7.35. The van der Waals surface area contributed by atoms with Crippen molar-refractivity contribution in [3.05, 3.63) is 101 Å². The number of hydrogen-bond acceptors (Lipinski definition) is 5. The fourth-order valence-corrected chi connectivity index (χ4v) is 2.30. The van der Waals surface area contributed by atoms with E-state index in [1.165, 1.54) is 0 Å². The standard InChI is InChI=1S/C21H19N7O2.ClH.Cu/c1-14(25-27-20(29)16-6-10-22-11-7-16)18-4-3-5-19(24-18)15(2)26-28-21(30)17-8-12-23-13-9-17;;/h3-13H,1-2H3,(H2,24,27,28,29,30);1H;/q;;+2/p-1. The summed E-state index contributed by atoms with van der Waals surface area (Å²) < 4.78 is 0. The van der Waals surface area contributed by atoms with Gasteiger partial charge in [0.15, 0.2) is 0 Å². The molecule has 0 aliphatic carbocycles. The summed E-state index contributed by atoms with van der Waals surface area (Å²) >= 11 is 3.66. The number of amides is 2. The van der Waals surface area contributed by atoms with Gasteiger partial charge in [-0.05, 0) is 50.2 Å². The van der Waals surface area contributed by atoms with E-state index in [9.17, 15) is 9.59 Å². The Hall–Kier alpha value is -3.46. The molecule has 0 bridgehead atoms. The summed E-state index contributed by atoms with van der Waals surface area (Å²) in [5, 5.41) is 8.09. The zero-order valence-electron chi connectivity index (χ0n) is 17.1. The van der Waals surface area contributed by atoms with E-state index in [2.05, 4.69) is 61.2 Å². The Balaban J connectivity index is 0.00000176. The van der Waals surface area contributed by atoms with Crippen LogP contribution in [0.25, 0.3) is 10.9 Å². The molecule has 0 aliphatic heterocycles. The van der Waals surface area contributed by atoms with Gasteiger partial charge >= 0.3 is 25.2 Å². The molecule has 3 heterocycles. The molecule has 167 valence electrons. The molecular formula is C21H19ClCuN7O2+. The van der Waals surface area contributed by atoms with Gasteiger partial charge in [0.2, 0.25) is 0 Å². The van der Waals surface area contributed by atoms with E-state index in [0.717, 1.165) is 0 Å². The van der Waals surface area contributed by atoms with Crippen LogP contribution in [0, 0.1) is 0 Å². The van der Waals surface area contributed by atoms with Crippen LogP contribution in [-0.4, -0.2) is 47.8 Å². The van der Waals surface area contributed by atoms with Gasteiger partial charge in [0, 0.05) is 36.2 Å². The summed E-state index contributed by atoms with van der Waals surface area (Å²) in [5.74, 6) is -0.432. The molecule has 0 spiro atoms. The van der Waals surface area contributed by atoms with Gasteiger partial charge in [0.05, 0.1) is 22.5 Å². The van der Waals surface area contributed by atoms with Gasteiger partial charge < -0.3 is 21.1 Å². The van der Waals surface area contributed by atoms with Crippen molar-refractivity contribution in [1.29, 1.82) is 0 Å². The third-order valence-corrected chi connectivity index (χ3v) is 3.96. The van der Waals surface area contributed by atoms with E-state index < -0.39 is 0 Å². The molecule has 0 fully saturated rings. The molecule has 0 saturated carbocycles. The number of carbonyl (C=O) groups excluding carboxylic acids is 2. The van der Waals surface area contributed by atoms with Crippen LogP contribution in [0.3, 0.4) is 0 Å². The minimum atomic E-state index is -0.216. The summed E-state index contributed by atoms with van der Waals surface area (Å²) in [4.78, 5) is 32.3. The number of halogens is 1. The van der Waals surface area contributed by atoms with Crippen LogP contribution in [0.4, 0.5) is 0 Å². The van der Waals surface area contributed by atoms with Gasteiger partial charge in [-0.25, -0.2) is 4.98 Å². The number of aromatic nitrogens is 3. The van der Waals surface area contributed by atoms with Gasteiger partial charge in [-0.2, -0.15) is 0 Å². The van der Waals surface area contributed by atoms with Crippen molar-refractivity contribution in [3.63, 3.8) is 0 Å². The van der Waals surface area contributed by atoms with Crippen LogP contribution < -0.4 is 0 Å². The van der Waals surface area contributed by atoms with E-state index in [0.29, 0.717) is 33.9 Å². The monoisotopic (exact) mass is 499 g/mol. The molecule has 2 N–H and O–H groups in total. The van der Waals surface area contributed by atoms with E-state index in [1.54, 1.807) is 81.1 Å². The summed E-state index contributed by atoms with van der Waals surface area (Å²) in [5.41, 5.74) is 10.9. The molecule has 0 saturated heterocycles. The normalized spacial score (nSPS) is 11.2. The molecule has 9 nitrogen and oxygen atoms in total. The maximum absolute atomic E-state index is 10.0. The number of nitrogens with zero attached hydrogens (tertiary/aromatic N) is 7. The van der Waals surface area contributed by atoms with Gasteiger partial charge in [-0.15, -0.1) is 0 Å². The Morgan fingerprint density at radius 1 is 0.750 bits per heavy atom. The minimum absolute atomic E-state index is 0.216. The summed E-state index contributed by atoms with van der Waals surface area (Å²) in [6.45, 7) is 3.46. The molecule has 3 aromatic rings. The van der Waals surface area contributed by atoms with Crippen molar-refractivity contribution in [2.45, 2.75) is 13.8 Å².